The van der Waals surface area contributed by atoms with Gasteiger partial charge in [0.1, 0.15) is 11.5 Å². The highest BCUT2D eigenvalue weighted by atomic mass is 16.4. The van der Waals surface area contributed by atoms with Gasteiger partial charge in [-0.05, 0) is 80.6 Å². The second-order valence-electron chi connectivity index (χ2n) is 8.75. The molecule has 3 fully saturated rings. The van der Waals surface area contributed by atoms with Crippen LogP contribution in [0.25, 0.3) is 0 Å². The van der Waals surface area contributed by atoms with Gasteiger partial charge in [0, 0.05) is 12.0 Å². The molecule has 1 saturated heterocycles. The molecule has 0 bridgehead atoms. The van der Waals surface area contributed by atoms with Gasteiger partial charge in [-0.25, -0.2) is 0 Å². The summed E-state index contributed by atoms with van der Waals surface area (Å²) in [7, 11) is 0. The van der Waals surface area contributed by atoms with E-state index in [0.717, 1.165) is 44.1 Å². The maximum Gasteiger partial charge on any atom is 0.220 e. The molecule has 4 rings (SSSR count). The predicted molar refractivity (Wildman–Crippen MR) is 90.9 cm³/mol. The number of aliphatic hydroxyl groups excluding tert-OH is 1. The van der Waals surface area contributed by atoms with Gasteiger partial charge in [-0.2, -0.15) is 0 Å². The first-order chi connectivity index (χ1) is 11.4. The quantitative estimate of drug-likeness (QED) is 0.469. The molecule has 4 aliphatic rings. The van der Waals surface area contributed by atoms with Crippen LogP contribution in [-0.2, 0) is 4.79 Å². The Balaban J connectivity index is 1.69. The van der Waals surface area contributed by atoms with E-state index in [-0.39, 0.29) is 22.6 Å². The number of amides is 1. The van der Waals surface area contributed by atoms with Crippen LogP contribution in [0.4, 0.5) is 0 Å². The fourth-order valence-electron chi connectivity index (χ4n) is 6.47. The number of fused-ring (bicyclic) bond motifs is 5. The molecule has 24 heavy (non-hydrogen) atoms. The first-order valence-electron chi connectivity index (χ1n) is 9.34. The number of hydrogen-bond acceptors (Lipinski definition) is 4. The monoisotopic (exact) mass is 332 g/mol. The Bertz CT molecular complexity index is 641. The third-order valence-electron chi connectivity index (χ3n) is 7.73. The lowest BCUT2D eigenvalue weighted by Gasteiger charge is -2.60. The summed E-state index contributed by atoms with van der Waals surface area (Å²) in [6.07, 6.45) is 7.29. The smallest absolute Gasteiger partial charge is 0.220 e. The van der Waals surface area contributed by atoms with Gasteiger partial charge in [0.25, 0.3) is 0 Å². The third kappa shape index (κ3) is 2.06. The molecule has 3 N–H and O–H groups in total. The van der Waals surface area contributed by atoms with E-state index in [1.807, 2.05) is 0 Å². The highest BCUT2D eigenvalue weighted by Crippen LogP contribution is 2.61. The van der Waals surface area contributed by atoms with Gasteiger partial charge in [0.2, 0.25) is 5.91 Å². The summed E-state index contributed by atoms with van der Waals surface area (Å²) in [4.78, 5) is 11.9. The van der Waals surface area contributed by atoms with Crippen molar-refractivity contribution in [2.45, 2.75) is 70.8 Å². The largest absolute Gasteiger partial charge is 0.506 e. The van der Waals surface area contributed by atoms with Crippen LogP contribution in [0, 0.1) is 23.2 Å². The van der Waals surface area contributed by atoms with E-state index in [0.29, 0.717) is 36.3 Å². The fourth-order valence-corrected chi connectivity index (χ4v) is 6.47. The van der Waals surface area contributed by atoms with Crippen molar-refractivity contribution in [3.05, 3.63) is 11.3 Å². The van der Waals surface area contributed by atoms with Gasteiger partial charge < -0.3 is 15.6 Å². The van der Waals surface area contributed by atoms with Gasteiger partial charge in [0.15, 0.2) is 0 Å². The fraction of sp³-hybridized carbons (Fsp3) is 0.789. The van der Waals surface area contributed by atoms with Crippen molar-refractivity contribution in [3.8, 4) is 0 Å². The Morgan fingerprint density at radius 3 is 2.62 bits per heavy atom. The van der Waals surface area contributed by atoms with Crippen LogP contribution in [0.15, 0.2) is 16.5 Å². The van der Waals surface area contributed by atoms with Crippen molar-refractivity contribution in [1.82, 2.24) is 5.32 Å². The van der Waals surface area contributed by atoms with E-state index in [4.69, 9.17) is 5.21 Å². The lowest BCUT2D eigenvalue weighted by Crippen LogP contribution is -2.62. The van der Waals surface area contributed by atoms with Crippen LogP contribution in [0.5, 0.6) is 0 Å². The molecule has 0 aromatic rings. The minimum atomic E-state index is -0.0531. The lowest BCUT2D eigenvalue weighted by molar-refractivity contribution is -0.132. The second kappa shape index (κ2) is 5.24. The number of carbonyl (C=O) groups is 1. The van der Waals surface area contributed by atoms with Crippen molar-refractivity contribution in [2.24, 2.45) is 28.3 Å². The predicted octanol–water partition coefficient (Wildman–Crippen LogP) is 3.53. The topological polar surface area (TPSA) is 81.9 Å². The van der Waals surface area contributed by atoms with Gasteiger partial charge in [-0.1, -0.05) is 12.1 Å². The zero-order valence-electron chi connectivity index (χ0n) is 14.6. The second-order valence-corrected chi connectivity index (χ2v) is 8.75. The molecule has 1 aliphatic heterocycles. The molecule has 132 valence electrons. The summed E-state index contributed by atoms with van der Waals surface area (Å²) < 4.78 is 0. The molecule has 1 heterocycles. The molecule has 5 atom stereocenters. The van der Waals surface area contributed by atoms with Gasteiger partial charge in [-0.3, -0.25) is 4.79 Å². The molecular formula is C19H28N2O3. The zero-order valence-corrected chi connectivity index (χ0v) is 14.6. The summed E-state index contributed by atoms with van der Waals surface area (Å²) >= 11 is 0. The normalized spacial score (nSPS) is 46.8. The van der Waals surface area contributed by atoms with Crippen LogP contribution >= 0.6 is 0 Å². The van der Waals surface area contributed by atoms with Crippen molar-refractivity contribution in [1.29, 1.82) is 0 Å². The van der Waals surface area contributed by atoms with E-state index in [2.05, 4.69) is 24.3 Å². The molecule has 2 saturated carbocycles. The van der Waals surface area contributed by atoms with E-state index in [9.17, 15) is 9.90 Å². The average molecular weight is 332 g/mol. The summed E-state index contributed by atoms with van der Waals surface area (Å²) in [5.74, 6) is 2.15. The Hall–Kier alpha value is -1.52. The van der Waals surface area contributed by atoms with Gasteiger partial charge >= 0.3 is 0 Å². The van der Waals surface area contributed by atoms with Crippen LogP contribution in [0.2, 0.25) is 0 Å². The number of nitrogens with one attached hydrogen (secondary N) is 1. The van der Waals surface area contributed by atoms with E-state index in [1.165, 1.54) is 0 Å². The first kappa shape index (κ1) is 16.0. The van der Waals surface area contributed by atoms with Gasteiger partial charge in [0.05, 0.1) is 0 Å². The van der Waals surface area contributed by atoms with E-state index < -0.39 is 0 Å². The molecule has 0 aromatic carbocycles. The number of nitrogens with zero attached hydrogens (tertiary/aromatic N) is 1. The van der Waals surface area contributed by atoms with Crippen molar-refractivity contribution < 1.29 is 15.1 Å². The Morgan fingerprint density at radius 2 is 1.88 bits per heavy atom. The number of piperidine rings is 1. The molecule has 0 radical (unpaired) electrons. The number of aliphatic hydroxyl groups is 1. The molecule has 5 heteroatoms. The molecule has 5 nitrogen and oxygen atoms in total. The number of allylic oxidation sites excluding steroid dienone is 2. The number of carbonyl (C=O) groups excluding carboxylic acids is 1. The van der Waals surface area contributed by atoms with Crippen molar-refractivity contribution in [3.63, 3.8) is 0 Å². The maximum absolute atomic E-state index is 11.9. The summed E-state index contributed by atoms with van der Waals surface area (Å²) in [5.41, 5.74) is 1.50. The number of oxime groups is 1. The maximum atomic E-state index is 11.9. The summed E-state index contributed by atoms with van der Waals surface area (Å²) in [6, 6.07) is 0. The summed E-state index contributed by atoms with van der Waals surface area (Å²) in [6.45, 7) is 4.53. The SMILES string of the molecule is CC12CCC3C(CCC4=C(O)/C(=N\O)CCC43C)C1CCC(=O)N2. The van der Waals surface area contributed by atoms with E-state index >= 15 is 0 Å². The van der Waals surface area contributed by atoms with Crippen molar-refractivity contribution >= 4 is 11.6 Å². The number of rotatable bonds is 0. The van der Waals surface area contributed by atoms with Crippen LogP contribution in [-0.4, -0.2) is 27.5 Å². The first-order valence-corrected chi connectivity index (χ1v) is 9.34. The zero-order chi connectivity index (χ0) is 17.1. The Labute approximate surface area is 143 Å². The third-order valence-corrected chi connectivity index (χ3v) is 7.73. The molecule has 0 aromatic heterocycles. The van der Waals surface area contributed by atoms with Crippen molar-refractivity contribution in [2.75, 3.05) is 0 Å². The van der Waals surface area contributed by atoms with Gasteiger partial charge in [-0.15, -0.1) is 0 Å². The Morgan fingerprint density at radius 1 is 1.08 bits per heavy atom. The lowest BCUT2D eigenvalue weighted by atomic mass is 9.47. The highest BCUT2D eigenvalue weighted by molar-refractivity contribution is 5.99. The minimum absolute atomic E-state index is 0.00394. The van der Waals surface area contributed by atoms with Crippen LogP contribution < -0.4 is 5.32 Å². The minimum Gasteiger partial charge on any atom is -0.506 e. The summed E-state index contributed by atoms with van der Waals surface area (Å²) in [5, 5.41) is 26.3. The van der Waals surface area contributed by atoms with Crippen LogP contribution in [0.3, 0.4) is 0 Å². The standard InChI is InChI=1S/C19H28N2O3/c1-18-9-8-15(21-24)17(23)14(18)4-3-11-12(18)7-10-19(2)13(11)5-6-16(22)20-19/h11-13,23-24H,3-10H2,1-2H3,(H,20,22)/b21-15-. The Kier molecular flexibility index (Phi) is 3.49. The molecule has 5 unspecified atom stereocenters. The highest BCUT2D eigenvalue weighted by Gasteiger charge is 2.57. The van der Waals surface area contributed by atoms with Crippen LogP contribution in [0.1, 0.15) is 65.2 Å². The molecule has 1 amide bonds. The average Bonchev–Trinajstić information content (AvgIpc) is 2.53. The molecular weight excluding hydrogens is 304 g/mol. The number of hydrogen-bond donors (Lipinski definition) is 3. The van der Waals surface area contributed by atoms with E-state index in [1.54, 1.807) is 0 Å². The molecule has 0 spiro atoms. The molecule has 3 aliphatic carbocycles.